The summed E-state index contributed by atoms with van der Waals surface area (Å²) in [6.07, 6.45) is 1.13. The molecular formula is C11H17NOS. The quantitative estimate of drug-likeness (QED) is 0.822. The van der Waals surface area contributed by atoms with E-state index in [9.17, 15) is 0 Å². The molecule has 0 aliphatic carbocycles. The number of thiophene rings is 1. The molecule has 3 heteroatoms. The molecule has 0 saturated carbocycles. The van der Waals surface area contributed by atoms with E-state index < -0.39 is 0 Å². The molecule has 1 fully saturated rings. The fourth-order valence-electron chi connectivity index (χ4n) is 1.69. The van der Waals surface area contributed by atoms with Gasteiger partial charge in [0.2, 0.25) is 0 Å². The minimum atomic E-state index is 0.557. The van der Waals surface area contributed by atoms with Crippen molar-refractivity contribution < 1.29 is 4.74 Å². The SMILES string of the molecule is Cc1ccc(CC(C)NC2COC2)s1. The van der Waals surface area contributed by atoms with Gasteiger partial charge in [-0.3, -0.25) is 0 Å². The Bertz CT molecular complexity index is 293. The summed E-state index contributed by atoms with van der Waals surface area (Å²) in [7, 11) is 0. The average Bonchev–Trinajstić information content (AvgIpc) is 2.44. The first-order valence-electron chi connectivity index (χ1n) is 5.13. The summed E-state index contributed by atoms with van der Waals surface area (Å²) in [5, 5.41) is 3.56. The van der Waals surface area contributed by atoms with E-state index in [1.165, 1.54) is 9.75 Å². The molecule has 1 N–H and O–H groups in total. The van der Waals surface area contributed by atoms with Crippen LogP contribution in [0.3, 0.4) is 0 Å². The minimum Gasteiger partial charge on any atom is -0.378 e. The molecular weight excluding hydrogens is 194 g/mol. The lowest BCUT2D eigenvalue weighted by Crippen LogP contribution is -2.49. The number of ether oxygens (including phenoxy) is 1. The molecule has 1 aliphatic rings. The van der Waals surface area contributed by atoms with Crippen molar-refractivity contribution in [2.45, 2.75) is 32.4 Å². The second-order valence-electron chi connectivity index (χ2n) is 4.02. The summed E-state index contributed by atoms with van der Waals surface area (Å²) >= 11 is 1.90. The van der Waals surface area contributed by atoms with Gasteiger partial charge in [0, 0.05) is 15.8 Å². The van der Waals surface area contributed by atoms with Crippen LogP contribution in [-0.4, -0.2) is 25.3 Å². The Morgan fingerprint density at radius 1 is 1.57 bits per heavy atom. The van der Waals surface area contributed by atoms with Crippen LogP contribution in [0.4, 0.5) is 0 Å². The Kier molecular flexibility index (Phi) is 3.21. The van der Waals surface area contributed by atoms with Gasteiger partial charge in [0.25, 0.3) is 0 Å². The van der Waals surface area contributed by atoms with E-state index >= 15 is 0 Å². The third kappa shape index (κ3) is 2.56. The number of hydrogen-bond acceptors (Lipinski definition) is 3. The highest BCUT2D eigenvalue weighted by molar-refractivity contribution is 7.11. The smallest absolute Gasteiger partial charge is 0.0643 e. The summed E-state index contributed by atoms with van der Waals surface area (Å²) in [6, 6.07) is 5.57. The van der Waals surface area contributed by atoms with Crippen LogP contribution in [-0.2, 0) is 11.2 Å². The fraction of sp³-hybridized carbons (Fsp3) is 0.636. The molecule has 78 valence electrons. The van der Waals surface area contributed by atoms with Crippen LogP contribution >= 0.6 is 11.3 Å². The molecule has 1 saturated heterocycles. The zero-order valence-electron chi connectivity index (χ0n) is 8.75. The zero-order chi connectivity index (χ0) is 9.97. The molecule has 0 amide bonds. The van der Waals surface area contributed by atoms with E-state index in [0.717, 1.165) is 19.6 Å². The van der Waals surface area contributed by atoms with Crippen LogP contribution < -0.4 is 5.32 Å². The summed E-state index contributed by atoms with van der Waals surface area (Å²) in [5.41, 5.74) is 0. The van der Waals surface area contributed by atoms with Crippen molar-refractivity contribution in [1.29, 1.82) is 0 Å². The van der Waals surface area contributed by atoms with Crippen LogP contribution in [0, 0.1) is 6.92 Å². The van der Waals surface area contributed by atoms with E-state index in [4.69, 9.17) is 4.74 Å². The van der Waals surface area contributed by atoms with Crippen LogP contribution in [0.2, 0.25) is 0 Å². The van der Waals surface area contributed by atoms with Crippen molar-refractivity contribution in [3.8, 4) is 0 Å². The number of rotatable bonds is 4. The van der Waals surface area contributed by atoms with Gasteiger partial charge in [0.15, 0.2) is 0 Å². The number of hydrogen-bond donors (Lipinski definition) is 1. The van der Waals surface area contributed by atoms with Gasteiger partial charge in [-0.15, -0.1) is 11.3 Å². The number of aryl methyl sites for hydroxylation is 1. The Labute approximate surface area is 89.3 Å². The molecule has 1 unspecified atom stereocenters. The molecule has 2 heterocycles. The first-order chi connectivity index (χ1) is 6.74. The molecule has 1 atom stereocenters. The van der Waals surface area contributed by atoms with Gasteiger partial charge in [0.1, 0.15) is 0 Å². The molecule has 1 aliphatic heterocycles. The lowest BCUT2D eigenvalue weighted by atomic mass is 10.1. The highest BCUT2D eigenvalue weighted by Crippen LogP contribution is 2.17. The van der Waals surface area contributed by atoms with Gasteiger partial charge < -0.3 is 10.1 Å². The van der Waals surface area contributed by atoms with E-state index in [1.807, 2.05) is 11.3 Å². The topological polar surface area (TPSA) is 21.3 Å². The van der Waals surface area contributed by atoms with Crippen LogP contribution in [0.25, 0.3) is 0 Å². The lowest BCUT2D eigenvalue weighted by molar-refractivity contribution is -0.00905. The first-order valence-corrected chi connectivity index (χ1v) is 5.95. The van der Waals surface area contributed by atoms with Crippen LogP contribution in [0.5, 0.6) is 0 Å². The van der Waals surface area contributed by atoms with Crippen molar-refractivity contribution in [1.82, 2.24) is 5.32 Å². The maximum Gasteiger partial charge on any atom is 0.0643 e. The molecule has 2 nitrogen and oxygen atoms in total. The maximum absolute atomic E-state index is 5.13. The van der Waals surface area contributed by atoms with E-state index in [-0.39, 0.29) is 0 Å². The van der Waals surface area contributed by atoms with E-state index in [2.05, 4.69) is 31.3 Å². The van der Waals surface area contributed by atoms with E-state index in [0.29, 0.717) is 12.1 Å². The van der Waals surface area contributed by atoms with Gasteiger partial charge in [-0.25, -0.2) is 0 Å². The Morgan fingerprint density at radius 2 is 2.36 bits per heavy atom. The summed E-state index contributed by atoms with van der Waals surface area (Å²) in [5.74, 6) is 0. The van der Waals surface area contributed by atoms with Gasteiger partial charge in [0.05, 0.1) is 19.3 Å². The second-order valence-corrected chi connectivity index (χ2v) is 5.39. The molecule has 0 aromatic carbocycles. The van der Waals surface area contributed by atoms with Crippen LogP contribution in [0.1, 0.15) is 16.7 Å². The molecule has 1 aromatic rings. The molecule has 0 spiro atoms. The normalized spacial score (nSPS) is 19.3. The molecule has 14 heavy (non-hydrogen) atoms. The molecule has 2 rings (SSSR count). The molecule has 1 aromatic heterocycles. The Balaban J connectivity index is 1.78. The summed E-state index contributed by atoms with van der Waals surface area (Å²) in [4.78, 5) is 2.88. The summed E-state index contributed by atoms with van der Waals surface area (Å²) in [6.45, 7) is 6.17. The Hall–Kier alpha value is -0.380. The van der Waals surface area contributed by atoms with Crippen molar-refractivity contribution in [3.05, 3.63) is 21.9 Å². The third-order valence-corrected chi connectivity index (χ3v) is 3.48. The Morgan fingerprint density at radius 3 is 2.86 bits per heavy atom. The third-order valence-electron chi connectivity index (χ3n) is 2.46. The van der Waals surface area contributed by atoms with Gasteiger partial charge in [-0.05, 0) is 32.4 Å². The van der Waals surface area contributed by atoms with E-state index in [1.54, 1.807) is 0 Å². The predicted octanol–water partition coefficient (Wildman–Crippen LogP) is 1.98. The largest absolute Gasteiger partial charge is 0.378 e. The minimum absolute atomic E-state index is 0.557. The van der Waals surface area contributed by atoms with Crippen molar-refractivity contribution in [2.24, 2.45) is 0 Å². The van der Waals surface area contributed by atoms with Gasteiger partial charge >= 0.3 is 0 Å². The second kappa shape index (κ2) is 4.43. The lowest BCUT2D eigenvalue weighted by Gasteiger charge is -2.30. The fourth-order valence-corrected chi connectivity index (χ4v) is 2.71. The standard InChI is InChI=1S/C11H17NOS/c1-8(12-10-6-13-7-10)5-11-4-3-9(2)14-11/h3-4,8,10,12H,5-7H2,1-2H3. The maximum atomic E-state index is 5.13. The highest BCUT2D eigenvalue weighted by atomic mass is 32.1. The van der Waals surface area contributed by atoms with Crippen LogP contribution in [0.15, 0.2) is 12.1 Å². The monoisotopic (exact) mass is 211 g/mol. The van der Waals surface area contributed by atoms with Crippen molar-refractivity contribution in [3.63, 3.8) is 0 Å². The highest BCUT2D eigenvalue weighted by Gasteiger charge is 2.19. The molecule has 0 radical (unpaired) electrons. The van der Waals surface area contributed by atoms with Crippen molar-refractivity contribution in [2.75, 3.05) is 13.2 Å². The average molecular weight is 211 g/mol. The summed E-state index contributed by atoms with van der Waals surface area (Å²) < 4.78 is 5.13. The molecule has 0 bridgehead atoms. The zero-order valence-corrected chi connectivity index (χ0v) is 9.56. The van der Waals surface area contributed by atoms with Gasteiger partial charge in [-0.1, -0.05) is 0 Å². The van der Waals surface area contributed by atoms with Crippen molar-refractivity contribution >= 4 is 11.3 Å². The number of nitrogens with one attached hydrogen (secondary N) is 1. The van der Waals surface area contributed by atoms with Gasteiger partial charge in [-0.2, -0.15) is 0 Å². The predicted molar refractivity (Wildman–Crippen MR) is 60.0 cm³/mol. The first kappa shape index (κ1) is 10.1.